The molecule has 0 aliphatic carbocycles. The predicted molar refractivity (Wildman–Crippen MR) is 98.4 cm³/mol. The van der Waals surface area contributed by atoms with E-state index in [9.17, 15) is 18.0 Å². The number of Topliss-reactive ketones (excluding diaryl/α,β-unsaturated/α-hetero) is 1. The fraction of sp³-hybridized carbons (Fsp3) is 0.474. The van der Waals surface area contributed by atoms with Crippen LogP contribution in [0.25, 0.3) is 0 Å². The van der Waals surface area contributed by atoms with Crippen molar-refractivity contribution in [2.45, 2.75) is 33.2 Å². The number of furan rings is 1. The van der Waals surface area contributed by atoms with E-state index in [0.29, 0.717) is 18.5 Å². The molecular formula is C19H23NO6S. The van der Waals surface area contributed by atoms with Crippen molar-refractivity contribution in [1.29, 1.82) is 0 Å². The Balaban J connectivity index is 1.57. The molecule has 8 heteroatoms. The zero-order chi connectivity index (χ0) is 19.6. The fourth-order valence-corrected chi connectivity index (χ4v) is 5.30. The summed E-state index contributed by atoms with van der Waals surface area (Å²) in [6.45, 7) is 3.92. The number of aryl methyl sites for hydroxylation is 1. The number of carbonyl (C=O) groups is 2. The summed E-state index contributed by atoms with van der Waals surface area (Å²) in [6, 6.07) is 5.45. The van der Waals surface area contributed by atoms with Gasteiger partial charge in [-0.25, -0.2) is 8.42 Å². The molecule has 3 heterocycles. The summed E-state index contributed by atoms with van der Waals surface area (Å²) in [5, 5.41) is 0. The van der Waals surface area contributed by atoms with E-state index in [1.165, 1.54) is 0 Å². The number of sulfone groups is 1. The van der Waals surface area contributed by atoms with Crippen molar-refractivity contribution in [3.63, 3.8) is 0 Å². The zero-order valence-corrected chi connectivity index (χ0v) is 16.3. The molecule has 0 N–H and O–H groups in total. The van der Waals surface area contributed by atoms with E-state index in [2.05, 4.69) is 0 Å². The molecule has 0 bridgehead atoms. The molecular weight excluding hydrogens is 370 g/mol. The smallest absolute Gasteiger partial charge is 0.306 e. The summed E-state index contributed by atoms with van der Waals surface area (Å²) in [5.41, 5.74) is 2.21. The average molecular weight is 393 g/mol. The number of esters is 1. The second-order valence-electron chi connectivity index (χ2n) is 7.01. The Morgan fingerprint density at radius 2 is 2.11 bits per heavy atom. The van der Waals surface area contributed by atoms with Crippen LogP contribution in [-0.4, -0.2) is 42.9 Å². The molecule has 1 fully saturated rings. The SMILES string of the molecule is Cc1cc(C(=O)COC(=O)C[C@H]2CCS(=O)(=O)C2)c(C)n1Cc1ccco1. The highest BCUT2D eigenvalue weighted by Gasteiger charge is 2.30. The van der Waals surface area contributed by atoms with Crippen molar-refractivity contribution in [2.24, 2.45) is 5.92 Å². The minimum absolute atomic E-state index is 0.0178. The van der Waals surface area contributed by atoms with Gasteiger partial charge in [-0.3, -0.25) is 9.59 Å². The minimum atomic E-state index is -3.03. The van der Waals surface area contributed by atoms with Gasteiger partial charge in [-0.15, -0.1) is 0 Å². The van der Waals surface area contributed by atoms with Crippen LogP contribution >= 0.6 is 0 Å². The Kier molecular flexibility index (Phi) is 5.55. The quantitative estimate of drug-likeness (QED) is 0.529. The Hall–Kier alpha value is -2.35. The lowest BCUT2D eigenvalue weighted by Crippen LogP contribution is -2.18. The molecule has 0 unspecified atom stereocenters. The number of aromatic nitrogens is 1. The van der Waals surface area contributed by atoms with Gasteiger partial charge in [0.05, 0.1) is 24.3 Å². The first-order chi connectivity index (χ1) is 12.7. The summed E-state index contributed by atoms with van der Waals surface area (Å²) in [5.74, 6) is -0.101. The number of carbonyl (C=O) groups excluding carboxylic acids is 2. The highest BCUT2D eigenvalue weighted by atomic mass is 32.2. The van der Waals surface area contributed by atoms with Gasteiger partial charge in [-0.05, 0) is 44.4 Å². The van der Waals surface area contributed by atoms with Crippen molar-refractivity contribution in [3.8, 4) is 0 Å². The number of ketones is 1. The third-order valence-electron chi connectivity index (χ3n) is 4.91. The van der Waals surface area contributed by atoms with Crippen molar-refractivity contribution in [2.75, 3.05) is 18.1 Å². The Labute approximate surface area is 158 Å². The molecule has 27 heavy (non-hydrogen) atoms. The van der Waals surface area contributed by atoms with Crippen LogP contribution in [0.3, 0.4) is 0 Å². The monoisotopic (exact) mass is 393 g/mol. The van der Waals surface area contributed by atoms with Crippen LogP contribution in [-0.2, 0) is 25.9 Å². The molecule has 2 aromatic heterocycles. The molecule has 0 saturated carbocycles. The number of ether oxygens (including phenoxy) is 1. The lowest BCUT2D eigenvalue weighted by molar-refractivity contribution is -0.143. The summed E-state index contributed by atoms with van der Waals surface area (Å²) in [6.07, 6.45) is 2.11. The van der Waals surface area contributed by atoms with Gasteiger partial charge in [0.2, 0.25) is 5.78 Å². The molecule has 2 aromatic rings. The highest BCUT2D eigenvalue weighted by molar-refractivity contribution is 7.91. The average Bonchev–Trinajstić information content (AvgIpc) is 3.29. The van der Waals surface area contributed by atoms with E-state index in [4.69, 9.17) is 9.15 Å². The van der Waals surface area contributed by atoms with Gasteiger partial charge < -0.3 is 13.7 Å². The Morgan fingerprint density at radius 3 is 2.74 bits per heavy atom. The maximum absolute atomic E-state index is 12.5. The van der Waals surface area contributed by atoms with Gasteiger partial charge in [0.25, 0.3) is 0 Å². The highest BCUT2D eigenvalue weighted by Crippen LogP contribution is 2.22. The normalized spacial score (nSPS) is 18.5. The van der Waals surface area contributed by atoms with E-state index in [1.54, 1.807) is 12.3 Å². The summed E-state index contributed by atoms with van der Waals surface area (Å²) >= 11 is 0. The standard InChI is InChI=1S/C19H23NO6S/c1-13-8-17(14(2)20(13)10-16-4-3-6-25-16)18(21)11-26-19(22)9-15-5-7-27(23,24)12-15/h3-4,6,8,15H,5,7,9-12H2,1-2H3/t15-/m1/s1. The van der Waals surface area contributed by atoms with Gasteiger partial charge in [0, 0.05) is 23.4 Å². The van der Waals surface area contributed by atoms with Crippen molar-refractivity contribution in [1.82, 2.24) is 4.57 Å². The molecule has 1 aliphatic rings. The molecule has 146 valence electrons. The first kappa shape index (κ1) is 19.4. The van der Waals surface area contributed by atoms with Gasteiger partial charge in [-0.2, -0.15) is 0 Å². The molecule has 0 aromatic carbocycles. The lowest BCUT2D eigenvalue weighted by Gasteiger charge is -2.09. The Morgan fingerprint density at radius 1 is 1.33 bits per heavy atom. The van der Waals surface area contributed by atoms with Crippen molar-refractivity contribution in [3.05, 3.63) is 47.2 Å². The van der Waals surface area contributed by atoms with Crippen LogP contribution in [0, 0.1) is 19.8 Å². The maximum Gasteiger partial charge on any atom is 0.306 e. The molecule has 0 spiro atoms. The third kappa shape index (κ3) is 4.68. The van der Waals surface area contributed by atoms with Gasteiger partial charge in [-0.1, -0.05) is 0 Å². The van der Waals surface area contributed by atoms with Crippen LogP contribution in [0.2, 0.25) is 0 Å². The minimum Gasteiger partial charge on any atom is -0.467 e. The van der Waals surface area contributed by atoms with E-state index >= 15 is 0 Å². The first-order valence-electron chi connectivity index (χ1n) is 8.83. The molecule has 7 nitrogen and oxygen atoms in total. The van der Waals surface area contributed by atoms with E-state index in [1.807, 2.05) is 30.5 Å². The molecule has 0 radical (unpaired) electrons. The lowest BCUT2D eigenvalue weighted by atomic mass is 10.1. The van der Waals surface area contributed by atoms with E-state index in [-0.39, 0.29) is 36.2 Å². The fourth-order valence-electron chi connectivity index (χ4n) is 3.44. The molecule has 0 amide bonds. The van der Waals surface area contributed by atoms with Gasteiger partial charge in [0.1, 0.15) is 5.76 Å². The summed E-state index contributed by atoms with van der Waals surface area (Å²) in [7, 11) is -3.03. The topological polar surface area (TPSA) is 95.6 Å². The van der Waals surface area contributed by atoms with Crippen LogP contribution < -0.4 is 0 Å². The third-order valence-corrected chi connectivity index (χ3v) is 6.75. The largest absolute Gasteiger partial charge is 0.467 e. The summed E-state index contributed by atoms with van der Waals surface area (Å²) in [4.78, 5) is 24.4. The van der Waals surface area contributed by atoms with E-state index < -0.39 is 15.8 Å². The second kappa shape index (κ2) is 7.72. The predicted octanol–water partition coefficient (Wildman–Crippen LogP) is 2.30. The molecule has 3 rings (SSSR count). The van der Waals surface area contributed by atoms with Gasteiger partial charge in [0.15, 0.2) is 16.4 Å². The second-order valence-corrected chi connectivity index (χ2v) is 9.24. The molecule has 1 atom stereocenters. The van der Waals surface area contributed by atoms with Crippen LogP contribution in [0.5, 0.6) is 0 Å². The van der Waals surface area contributed by atoms with Crippen LogP contribution in [0.1, 0.15) is 40.3 Å². The van der Waals surface area contributed by atoms with Crippen LogP contribution in [0.15, 0.2) is 28.9 Å². The van der Waals surface area contributed by atoms with Crippen molar-refractivity contribution < 1.29 is 27.2 Å². The zero-order valence-electron chi connectivity index (χ0n) is 15.4. The maximum atomic E-state index is 12.5. The number of hydrogen-bond acceptors (Lipinski definition) is 6. The van der Waals surface area contributed by atoms with Gasteiger partial charge >= 0.3 is 5.97 Å². The number of rotatable bonds is 7. The first-order valence-corrected chi connectivity index (χ1v) is 10.7. The summed E-state index contributed by atoms with van der Waals surface area (Å²) < 4.78 is 35.3. The number of hydrogen-bond donors (Lipinski definition) is 0. The molecule has 1 aliphatic heterocycles. The number of nitrogens with zero attached hydrogens (tertiary/aromatic N) is 1. The van der Waals surface area contributed by atoms with Crippen LogP contribution in [0.4, 0.5) is 0 Å². The Bertz CT molecular complexity index is 939. The van der Waals surface area contributed by atoms with E-state index in [0.717, 1.165) is 17.1 Å². The molecule has 1 saturated heterocycles. The van der Waals surface area contributed by atoms with Crippen molar-refractivity contribution >= 4 is 21.6 Å².